The molecule has 2 nitrogen and oxygen atoms in total. The van der Waals surface area contributed by atoms with Gasteiger partial charge in [0, 0.05) is 29.5 Å². The van der Waals surface area contributed by atoms with E-state index in [-0.39, 0.29) is 0 Å². The molecule has 2 heterocycles. The Balaban J connectivity index is 2.09. The molecule has 0 atom stereocenters. The number of anilines is 1. The normalized spacial score (nSPS) is 20.6. The lowest BCUT2D eigenvalue weighted by Gasteiger charge is -2.11. The molecule has 0 bridgehead atoms. The molecule has 3 rings (SSSR count). The van der Waals surface area contributed by atoms with Crippen LogP contribution in [-0.2, 0) is 0 Å². The van der Waals surface area contributed by atoms with Gasteiger partial charge in [0.15, 0.2) is 0 Å². The van der Waals surface area contributed by atoms with E-state index in [4.69, 9.17) is 0 Å². The molecule has 1 aliphatic heterocycles. The SMILES string of the molecule is CC1=C(C)/C(=C(/C)C2=C(C)/C(=C(\C)c3sc(N(C)C)c(C)c3C)CC2)SC1=[N+](C)C. The second-order valence-electron chi connectivity index (χ2n) is 9.09. The minimum Gasteiger partial charge on any atom is -0.369 e. The molecular weight excluding hydrogens is 404 g/mol. The van der Waals surface area contributed by atoms with Gasteiger partial charge >= 0.3 is 0 Å². The molecule has 0 amide bonds. The zero-order chi connectivity index (χ0) is 22.5. The lowest BCUT2D eigenvalue weighted by Crippen LogP contribution is -2.07. The van der Waals surface area contributed by atoms with Crippen molar-refractivity contribution in [1.29, 1.82) is 0 Å². The predicted octanol–water partition coefficient (Wildman–Crippen LogP) is 7.34. The average molecular weight is 442 g/mol. The van der Waals surface area contributed by atoms with Crippen molar-refractivity contribution in [3.05, 3.63) is 54.3 Å². The van der Waals surface area contributed by atoms with Crippen molar-refractivity contribution in [3.8, 4) is 0 Å². The van der Waals surface area contributed by atoms with Crippen molar-refractivity contribution in [2.75, 3.05) is 33.1 Å². The molecule has 2 aliphatic rings. The van der Waals surface area contributed by atoms with Crippen LogP contribution in [0.4, 0.5) is 5.00 Å². The summed E-state index contributed by atoms with van der Waals surface area (Å²) in [5.74, 6) is 0. The van der Waals surface area contributed by atoms with Gasteiger partial charge in [0.25, 0.3) is 0 Å². The van der Waals surface area contributed by atoms with Crippen LogP contribution in [0.1, 0.15) is 63.5 Å². The highest BCUT2D eigenvalue weighted by Crippen LogP contribution is 2.47. The summed E-state index contributed by atoms with van der Waals surface area (Å²) >= 11 is 3.89. The molecule has 1 aromatic heterocycles. The first-order valence-corrected chi connectivity index (χ1v) is 12.4. The van der Waals surface area contributed by atoms with E-state index in [9.17, 15) is 0 Å². The highest BCUT2D eigenvalue weighted by molar-refractivity contribution is 8.18. The van der Waals surface area contributed by atoms with Crippen molar-refractivity contribution < 1.29 is 4.58 Å². The van der Waals surface area contributed by atoms with E-state index in [1.165, 1.54) is 58.8 Å². The van der Waals surface area contributed by atoms with E-state index in [2.05, 4.69) is 86.1 Å². The summed E-state index contributed by atoms with van der Waals surface area (Å²) in [6, 6.07) is 0. The van der Waals surface area contributed by atoms with Gasteiger partial charge in [-0.3, -0.25) is 0 Å². The van der Waals surface area contributed by atoms with Crippen molar-refractivity contribution in [2.45, 2.75) is 61.3 Å². The maximum Gasteiger partial charge on any atom is 0.242 e. The van der Waals surface area contributed by atoms with Crippen molar-refractivity contribution in [2.24, 2.45) is 0 Å². The Hall–Kier alpha value is -1.52. The van der Waals surface area contributed by atoms with E-state index in [0.717, 1.165) is 12.8 Å². The van der Waals surface area contributed by atoms with Crippen molar-refractivity contribution >= 4 is 38.7 Å². The smallest absolute Gasteiger partial charge is 0.242 e. The van der Waals surface area contributed by atoms with Crippen molar-refractivity contribution in [3.63, 3.8) is 0 Å². The molecular formula is C26H37N2S2+. The van der Waals surface area contributed by atoms with Gasteiger partial charge in [-0.15, -0.1) is 11.3 Å². The number of nitrogens with zero attached hydrogens (tertiary/aromatic N) is 2. The summed E-state index contributed by atoms with van der Waals surface area (Å²) in [5, 5.41) is 2.76. The summed E-state index contributed by atoms with van der Waals surface area (Å²) in [6.45, 7) is 16.1. The van der Waals surface area contributed by atoms with Crippen LogP contribution in [0.5, 0.6) is 0 Å². The van der Waals surface area contributed by atoms with Gasteiger partial charge in [0.05, 0.1) is 5.00 Å². The zero-order valence-electron chi connectivity index (χ0n) is 20.6. The number of rotatable bonds is 3. The van der Waals surface area contributed by atoms with Gasteiger partial charge in [-0.25, -0.2) is 4.58 Å². The Morgan fingerprint density at radius 3 is 1.97 bits per heavy atom. The molecule has 0 saturated heterocycles. The highest BCUT2D eigenvalue weighted by Gasteiger charge is 2.30. The Labute approximate surface area is 191 Å². The molecule has 4 heteroatoms. The van der Waals surface area contributed by atoms with E-state index in [1.54, 1.807) is 11.1 Å². The molecule has 0 fully saturated rings. The lowest BCUT2D eigenvalue weighted by molar-refractivity contribution is -0.460. The van der Waals surface area contributed by atoms with E-state index in [1.807, 2.05) is 23.1 Å². The zero-order valence-corrected chi connectivity index (χ0v) is 22.3. The van der Waals surface area contributed by atoms with Crippen LogP contribution < -0.4 is 4.90 Å². The summed E-state index contributed by atoms with van der Waals surface area (Å²) < 4.78 is 2.25. The number of allylic oxidation sites excluding steroid dienone is 6. The van der Waals surface area contributed by atoms with Crippen LogP contribution in [0.25, 0.3) is 5.57 Å². The quantitative estimate of drug-likeness (QED) is 0.453. The second kappa shape index (κ2) is 8.55. The molecule has 30 heavy (non-hydrogen) atoms. The molecule has 0 saturated carbocycles. The third kappa shape index (κ3) is 3.78. The average Bonchev–Trinajstić information content (AvgIpc) is 3.30. The number of thioether (sulfide) groups is 1. The molecule has 0 unspecified atom stereocenters. The van der Waals surface area contributed by atoms with Crippen LogP contribution in [0, 0.1) is 13.8 Å². The summed E-state index contributed by atoms with van der Waals surface area (Å²) in [6.07, 6.45) is 2.31. The maximum atomic E-state index is 2.34. The first kappa shape index (κ1) is 23.1. The Morgan fingerprint density at radius 1 is 0.833 bits per heavy atom. The molecule has 0 spiro atoms. The van der Waals surface area contributed by atoms with Gasteiger partial charge in [0.2, 0.25) is 5.04 Å². The summed E-state index contributed by atoms with van der Waals surface area (Å²) in [4.78, 5) is 5.17. The van der Waals surface area contributed by atoms with Crippen LogP contribution >= 0.6 is 23.1 Å². The fourth-order valence-corrected chi connectivity index (χ4v) is 7.28. The highest BCUT2D eigenvalue weighted by atomic mass is 32.2. The van der Waals surface area contributed by atoms with Crippen LogP contribution in [0.3, 0.4) is 0 Å². The number of hydrogen-bond donors (Lipinski definition) is 0. The van der Waals surface area contributed by atoms with Crippen LogP contribution in [-0.4, -0.2) is 37.8 Å². The largest absolute Gasteiger partial charge is 0.369 e. The number of thiophene rings is 1. The Bertz CT molecular complexity index is 1060. The molecule has 162 valence electrons. The summed E-state index contributed by atoms with van der Waals surface area (Å²) in [7, 11) is 8.59. The Kier molecular flexibility index (Phi) is 6.60. The standard InChI is InChI=1S/C26H37N2S2/c1-14-16(3)25(27(8)9)29-23(14)19(6)21-12-13-22(18(21)5)20(7)24-15(2)17(4)26(30-24)28(10)11/h12-13H2,1-11H3/q+1. The fourth-order valence-electron chi connectivity index (χ4n) is 4.75. The molecule has 0 radical (unpaired) electrons. The number of hydrogen-bond acceptors (Lipinski definition) is 3. The third-order valence-corrected chi connectivity index (χ3v) is 10.1. The first-order chi connectivity index (χ1) is 14.0. The first-order valence-electron chi connectivity index (χ1n) is 10.8. The second-order valence-corrected chi connectivity index (χ2v) is 11.1. The van der Waals surface area contributed by atoms with E-state index < -0.39 is 0 Å². The van der Waals surface area contributed by atoms with Gasteiger partial charge in [-0.2, -0.15) is 0 Å². The molecule has 1 aliphatic carbocycles. The topological polar surface area (TPSA) is 6.25 Å². The molecule has 1 aromatic rings. The minimum absolute atomic E-state index is 1.15. The lowest BCUT2D eigenvalue weighted by atomic mass is 9.97. The predicted molar refractivity (Wildman–Crippen MR) is 138 cm³/mol. The van der Waals surface area contributed by atoms with Gasteiger partial charge in [-0.1, -0.05) is 0 Å². The minimum atomic E-state index is 1.15. The van der Waals surface area contributed by atoms with Crippen molar-refractivity contribution in [1.82, 2.24) is 0 Å². The monoisotopic (exact) mass is 441 g/mol. The van der Waals surface area contributed by atoms with Gasteiger partial charge in [-0.05, 0) is 118 Å². The Morgan fingerprint density at radius 2 is 1.47 bits per heavy atom. The fraction of sp³-hybridized carbons (Fsp3) is 0.500. The third-order valence-electron chi connectivity index (χ3n) is 6.77. The molecule has 0 aromatic carbocycles. The maximum absolute atomic E-state index is 2.34. The van der Waals surface area contributed by atoms with Crippen LogP contribution in [0.15, 0.2) is 38.3 Å². The van der Waals surface area contributed by atoms with E-state index in [0.29, 0.717) is 0 Å². The summed E-state index contributed by atoms with van der Waals surface area (Å²) in [5.41, 5.74) is 13.3. The van der Waals surface area contributed by atoms with E-state index >= 15 is 0 Å². The van der Waals surface area contributed by atoms with Gasteiger partial charge < -0.3 is 4.90 Å². The van der Waals surface area contributed by atoms with Gasteiger partial charge in [0.1, 0.15) is 14.1 Å². The van der Waals surface area contributed by atoms with Crippen LogP contribution in [0.2, 0.25) is 0 Å². The molecule has 0 N–H and O–H groups in total.